The molecule has 648 valence electrons. The van der Waals surface area contributed by atoms with Crippen LogP contribution in [0.3, 0.4) is 0 Å². The van der Waals surface area contributed by atoms with Gasteiger partial charge in [-0.25, -0.2) is 57.4 Å². The summed E-state index contributed by atoms with van der Waals surface area (Å²) in [5, 5.41) is 121. The molecule has 12 heterocycles. The van der Waals surface area contributed by atoms with Crippen LogP contribution in [0.2, 0.25) is 0 Å². The molecule has 0 amide bonds. The van der Waals surface area contributed by atoms with Gasteiger partial charge in [0.1, 0.15) is 174 Å². The Balaban J connectivity index is 0.000000117. The highest BCUT2D eigenvalue weighted by Gasteiger charge is 2.49. The van der Waals surface area contributed by atoms with E-state index >= 15 is 0 Å². The molecule has 0 radical (unpaired) electrons. The molecule has 4 aliphatic heterocycles. The molecule has 0 bridgehead atoms. The Morgan fingerprint density at radius 2 is 0.935 bits per heavy atom. The van der Waals surface area contributed by atoms with E-state index in [1.54, 1.807) is 40.5 Å². The van der Waals surface area contributed by atoms with E-state index < -0.39 is 115 Å². The number of aliphatic hydroxyl groups excluding tert-OH is 8. The number of ether oxygens (including phenoxy) is 6. The Morgan fingerprint density at radius 3 is 1.47 bits per heavy atom. The fraction of sp³-hybridized carbons (Fsp3) is 0.432. The summed E-state index contributed by atoms with van der Waals surface area (Å²) in [4.78, 5) is 34.0. The quantitative estimate of drug-likeness (QED) is 0.0516. The molecule has 0 unspecified atom stereocenters. The molecule has 4 fully saturated rings. The van der Waals surface area contributed by atoms with Gasteiger partial charge in [0.15, 0.2) is 5.82 Å². The smallest absolute Gasteiger partial charge is 0.266 e. The van der Waals surface area contributed by atoms with E-state index in [2.05, 4.69) is 73.3 Å². The van der Waals surface area contributed by atoms with Gasteiger partial charge in [0.05, 0.1) is 81.0 Å². The Bertz CT molecular complexity index is 6060. The number of nitrogens with zero attached hydrogens (tertiary/aromatic N) is 14. The second kappa shape index (κ2) is 35.5. The van der Waals surface area contributed by atoms with Crippen LogP contribution in [0.25, 0.3) is 44.1 Å². The van der Waals surface area contributed by atoms with Gasteiger partial charge < -0.3 is 109 Å². The summed E-state index contributed by atoms with van der Waals surface area (Å²) in [6, 6.07) is 21.7. The maximum Gasteiger partial charge on any atom is 0.266 e. The fourth-order valence-electron chi connectivity index (χ4n) is 18.3. The van der Waals surface area contributed by atoms with Gasteiger partial charge in [-0.2, -0.15) is 10.5 Å². The molecule has 4 aromatic carbocycles. The normalized spacial score (nSPS) is 26.2. The highest BCUT2D eigenvalue weighted by molar-refractivity contribution is 5.80. The molecule has 8 aromatic heterocycles. The highest BCUT2D eigenvalue weighted by atomic mass is 19.3. The lowest BCUT2D eigenvalue weighted by Gasteiger charge is -2.26. The average molecular weight is 1700 g/mol. The van der Waals surface area contributed by atoms with Crippen LogP contribution in [0, 0.1) is 62.0 Å². The second-order valence-corrected chi connectivity index (χ2v) is 32.6. The Kier molecular flexibility index (Phi) is 24.3. The van der Waals surface area contributed by atoms with Crippen molar-refractivity contribution in [1.29, 1.82) is 10.5 Å². The highest BCUT2D eigenvalue weighted by Crippen LogP contribution is 2.46. The molecule has 17 atom stereocenters. The summed E-state index contributed by atoms with van der Waals surface area (Å²) in [7, 11) is 0. The molecule has 0 saturated heterocycles. The number of aromatic nitrogens is 12. The van der Waals surface area contributed by atoms with Gasteiger partial charge in [-0.1, -0.05) is 6.07 Å². The van der Waals surface area contributed by atoms with E-state index in [1.165, 1.54) is 31.4 Å². The van der Waals surface area contributed by atoms with Crippen molar-refractivity contribution in [1.82, 2.24) is 79.4 Å². The third kappa shape index (κ3) is 16.3. The molecule has 8 aliphatic rings. The van der Waals surface area contributed by atoms with Gasteiger partial charge in [-0.15, -0.1) is 0 Å². The van der Waals surface area contributed by atoms with Gasteiger partial charge in [0.2, 0.25) is 0 Å². The minimum absolute atomic E-state index is 0.0669. The zero-order valence-corrected chi connectivity index (χ0v) is 68.3. The van der Waals surface area contributed by atoms with Crippen molar-refractivity contribution in [3.63, 3.8) is 0 Å². The van der Waals surface area contributed by atoms with Gasteiger partial charge in [-0.3, -0.25) is 0 Å². The predicted octanol–water partition coefficient (Wildman–Crippen LogP) is 7.02. The molecule has 20 rings (SSSR count). The first-order chi connectivity index (χ1) is 59.9. The molecule has 4 saturated carbocycles. The topological polar surface area (TPSA) is 436 Å². The van der Waals surface area contributed by atoms with Crippen LogP contribution < -0.4 is 49.7 Å². The predicted molar refractivity (Wildman–Crippen MR) is 439 cm³/mol. The second-order valence-electron chi connectivity index (χ2n) is 32.6. The summed E-state index contributed by atoms with van der Waals surface area (Å²) in [6.45, 7) is 14.7. The lowest BCUT2D eigenvalue weighted by atomic mass is 9.96. The zero-order chi connectivity index (χ0) is 86.6. The molecule has 124 heavy (non-hydrogen) atoms. The van der Waals surface area contributed by atoms with Crippen LogP contribution >= 0.6 is 0 Å². The van der Waals surface area contributed by atoms with Gasteiger partial charge in [0.25, 0.3) is 6.43 Å². The van der Waals surface area contributed by atoms with Crippen molar-refractivity contribution in [2.75, 3.05) is 32.8 Å². The monoisotopic (exact) mass is 1700 g/mol. The van der Waals surface area contributed by atoms with Crippen molar-refractivity contribution in [2.45, 2.75) is 209 Å². The van der Waals surface area contributed by atoms with Crippen molar-refractivity contribution in [3.05, 3.63) is 201 Å². The minimum Gasteiger partial charge on any atom is -0.492 e. The first-order valence-electron chi connectivity index (χ1n) is 41.4. The van der Waals surface area contributed by atoms with Crippen molar-refractivity contribution in [3.8, 4) is 46.6 Å². The average Bonchev–Trinajstić information content (AvgIpc) is 1.61. The molecule has 0 spiro atoms. The summed E-state index contributed by atoms with van der Waals surface area (Å²) >= 11 is 0. The maximum absolute atomic E-state index is 14.6. The molecule has 36 heteroatoms. The summed E-state index contributed by atoms with van der Waals surface area (Å²) in [5.74, 6) is 2.28. The number of aliphatic hydroxyl groups is 8. The zero-order valence-electron chi connectivity index (χ0n) is 68.3. The summed E-state index contributed by atoms with van der Waals surface area (Å²) < 4.78 is 99.3. The van der Waals surface area contributed by atoms with Crippen LogP contribution in [0.5, 0.6) is 34.5 Å². The SMILES string of the molecule is Cc1ncc2c(F)cn([C@@H]3C[C@H](Oc4cc(C#N)cc5c4CNCC5)[C@@H](O)[C@H]3O)c2n1.Cc1ncnc2c1ccn2[C@@H]1C[C@H](Oc2cc(C#N)cc3c2CNCCO3)[C@@H](O)[C@H]1O.Cc1ncnc2c1ccn2[C@@H]1C[C@H](Oc2cc(C(F)F)c(F)c3c2CNCC3)[C@@H](O)[C@H]1O.Cc1ncnc2c1ccn2[C@@H]1C[C@H](Oc2cccc3c2CNC[C@@H](C)O3)[C@@H](O)[C@H]1O. The number of nitriles is 2. The van der Waals surface area contributed by atoms with E-state index in [9.17, 15) is 68.9 Å². The van der Waals surface area contributed by atoms with E-state index in [-0.39, 0.29) is 54.7 Å². The van der Waals surface area contributed by atoms with Crippen LogP contribution in [0.1, 0.15) is 136 Å². The van der Waals surface area contributed by atoms with Gasteiger partial charge in [-0.05, 0) is 132 Å². The van der Waals surface area contributed by atoms with Crippen LogP contribution in [0.15, 0.2) is 117 Å². The summed E-state index contributed by atoms with van der Waals surface area (Å²) in [6.07, 6.45) is 0.512. The van der Waals surface area contributed by atoms with Gasteiger partial charge in [0, 0.05) is 129 Å². The van der Waals surface area contributed by atoms with Crippen molar-refractivity contribution in [2.24, 2.45) is 0 Å². The minimum atomic E-state index is -2.99. The van der Waals surface area contributed by atoms with E-state index in [4.69, 9.17) is 28.4 Å². The molecule has 12 N–H and O–H groups in total. The fourth-order valence-corrected chi connectivity index (χ4v) is 18.3. The molecular formula is C88H94F4N18O14. The third-order valence-electron chi connectivity index (χ3n) is 24.9. The van der Waals surface area contributed by atoms with Crippen LogP contribution in [0.4, 0.5) is 17.6 Å². The molecular weight excluding hydrogens is 1610 g/mol. The van der Waals surface area contributed by atoms with E-state index in [0.29, 0.717) is 115 Å². The Labute approximate surface area is 707 Å². The number of nitrogens with one attached hydrogen (secondary N) is 4. The number of rotatable bonds is 13. The summed E-state index contributed by atoms with van der Waals surface area (Å²) in [5.41, 5.74) is 9.60. The van der Waals surface area contributed by atoms with E-state index in [1.807, 2.05) is 91.7 Å². The standard InChI is InChI=1S/C22H23F3N4O3.C22H22FN5O3.C22H23N5O4.C22H26N4O4/c1-10-11-3-5-29(22(11)28-9-27-10)15-7-17(20(31)19(15)30)32-16-6-13(21(24)25)18(23)12-2-4-26-8-14(12)16;1-11-26-9-15-16(23)10-28(22(15)27-11)17-6-19(21(30)20(17)29)31-18-5-12(7-24)4-13-2-3-25-8-14(13)18;1-12-14-2-4-27(22(14)26-11-25-12)16-8-19(21(29)20(16)28)31-18-7-13(9-23)6-17-15(18)10-24-3-5-30-17;1-12-9-23-10-15-17(29-12)4-3-5-18(15)30-19-8-16(20(27)21(19)28)26-7-6-14-13(2)24-11-25-22(14)26/h3,5-6,9,15,17,19-21,26,30-31H,2,4,7-8H2,1H3;4-5,9-10,17,19-21,25,29-30H,2-3,6,8H2,1H3;2,4,6-7,11,16,19-21,24,28-29H,3,5,8,10H2,1H3;3-7,11-12,16,19-21,23,27-28H,8-10H2,1-2H3/t15-,17+,19+,20-;17-,19+,20+,21-;16-,19+,20+,21-;12-,16-,19+,20+,21-/m1111/s1. The molecule has 4 aliphatic carbocycles. The number of alkyl halides is 2. The number of hydrogen-bond acceptors (Lipinski definition) is 28. The molecule has 12 aromatic rings. The lowest BCUT2D eigenvalue weighted by Crippen LogP contribution is -2.35. The van der Waals surface area contributed by atoms with E-state index in [0.717, 1.165) is 92.5 Å². The number of halogens is 4. The van der Waals surface area contributed by atoms with Crippen molar-refractivity contribution < 1.29 is 86.8 Å². The lowest BCUT2D eigenvalue weighted by molar-refractivity contribution is -0.0167. The van der Waals surface area contributed by atoms with Gasteiger partial charge >= 0.3 is 0 Å². The largest absolute Gasteiger partial charge is 0.492 e. The molecule has 32 nitrogen and oxygen atoms in total. The Hall–Kier alpha value is -11.6. The number of benzene rings is 4. The van der Waals surface area contributed by atoms with Crippen molar-refractivity contribution >= 4 is 44.1 Å². The van der Waals surface area contributed by atoms with Crippen LogP contribution in [-0.2, 0) is 39.0 Å². The number of fused-ring (bicyclic) bond motifs is 8. The Morgan fingerprint density at radius 1 is 0.476 bits per heavy atom. The first-order valence-corrected chi connectivity index (χ1v) is 41.4. The number of aryl methyl sites for hydroxylation is 4. The number of hydrogen-bond donors (Lipinski definition) is 12. The maximum atomic E-state index is 14.6. The van der Waals surface area contributed by atoms with Crippen LogP contribution in [-0.4, -0.2) is 211 Å². The third-order valence-corrected chi connectivity index (χ3v) is 24.9. The first kappa shape index (κ1) is 84.6.